The van der Waals surface area contributed by atoms with Crippen LogP contribution < -0.4 is 0 Å². The van der Waals surface area contributed by atoms with Crippen molar-refractivity contribution < 1.29 is 17.9 Å². The second kappa shape index (κ2) is 6.12. The highest BCUT2D eigenvalue weighted by Gasteiger charge is 2.46. The lowest BCUT2D eigenvalue weighted by Crippen LogP contribution is -2.60. The first kappa shape index (κ1) is 16.8. The number of sulfonamides is 1. The lowest BCUT2D eigenvalue weighted by atomic mass is 9.76. The van der Waals surface area contributed by atoms with Crippen molar-refractivity contribution in [2.24, 2.45) is 5.92 Å². The molecular weight excluding hydrogens is 320 g/mol. The SMILES string of the molecule is CCc1nnc(CN2CC[C@@]3(O)CCN(S(C)(=O)=O)C[C@H]3C2)o1. The van der Waals surface area contributed by atoms with E-state index in [0.29, 0.717) is 57.2 Å². The minimum absolute atomic E-state index is 0.0895. The van der Waals surface area contributed by atoms with Gasteiger partial charge in [0.15, 0.2) is 0 Å². The number of likely N-dealkylation sites (tertiary alicyclic amines) is 1. The molecule has 130 valence electrons. The van der Waals surface area contributed by atoms with Crippen LogP contribution in [0.15, 0.2) is 4.42 Å². The maximum absolute atomic E-state index is 11.8. The highest BCUT2D eigenvalue weighted by atomic mass is 32.2. The molecule has 0 saturated carbocycles. The van der Waals surface area contributed by atoms with Crippen molar-refractivity contribution in [2.45, 2.75) is 38.3 Å². The summed E-state index contributed by atoms with van der Waals surface area (Å²) >= 11 is 0. The van der Waals surface area contributed by atoms with Gasteiger partial charge in [0, 0.05) is 38.5 Å². The van der Waals surface area contributed by atoms with Gasteiger partial charge in [0.1, 0.15) is 0 Å². The molecule has 0 radical (unpaired) electrons. The van der Waals surface area contributed by atoms with Gasteiger partial charge in [-0.05, 0) is 12.8 Å². The molecule has 0 unspecified atom stereocenters. The Balaban J connectivity index is 1.67. The van der Waals surface area contributed by atoms with Gasteiger partial charge in [-0.2, -0.15) is 0 Å². The van der Waals surface area contributed by atoms with Gasteiger partial charge in [0.25, 0.3) is 0 Å². The minimum atomic E-state index is -3.22. The molecule has 23 heavy (non-hydrogen) atoms. The second-order valence-electron chi connectivity index (χ2n) is 6.60. The number of aryl methyl sites for hydroxylation is 1. The van der Waals surface area contributed by atoms with Crippen LogP contribution in [0.1, 0.15) is 31.5 Å². The summed E-state index contributed by atoms with van der Waals surface area (Å²) in [6.07, 6.45) is 3.07. The van der Waals surface area contributed by atoms with Crippen LogP contribution in [0, 0.1) is 5.92 Å². The normalized spacial score (nSPS) is 30.3. The van der Waals surface area contributed by atoms with Crippen LogP contribution in [0.25, 0.3) is 0 Å². The molecule has 0 aromatic carbocycles. The van der Waals surface area contributed by atoms with E-state index < -0.39 is 15.6 Å². The van der Waals surface area contributed by atoms with Gasteiger partial charge in [-0.1, -0.05) is 6.92 Å². The zero-order valence-electron chi connectivity index (χ0n) is 13.6. The highest BCUT2D eigenvalue weighted by Crippen LogP contribution is 2.36. The van der Waals surface area contributed by atoms with Crippen LogP contribution >= 0.6 is 0 Å². The Hall–Kier alpha value is -1.03. The van der Waals surface area contributed by atoms with Crippen molar-refractivity contribution in [1.82, 2.24) is 19.4 Å². The summed E-state index contributed by atoms with van der Waals surface area (Å²) in [5, 5.41) is 18.8. The lowest BCUT2D eigenvalue weighted by Gasteiger charge is -2.49. The third kappa shape index (κ3) is 3.57. The van der Waals surface area contributed by atoms with E-state index in [1.165, 1.54) is 10.6 Å². The van der Waals surface area contributed by atoms with Crippen molar-refractivity contribution in [2.75, 3.05) is 32.4 Å². The Morgan fingerprint density at radius 2 is 1.96 bits per heavy atom. The van der Waals surface area contributed by atoms with Crippen molar-refractivity contribution in [1.29, 1.82) is 0 Å². The van der Waals surface area contributed by atoms with Gasteiger partial charge in [-0.25, -0.2) is 12.7 Å². The molecule has 2 fully saturated rings. The lowest BCUT2D eigenvalue weighted by molar-refractivity contribution is -0.103. The fourth-order valence-electron chi connectivity index (χ4n) is 3.47. The molecule has 2 saturated heterocycles. The van der Waals surface area contributed by atoms with E-state index in [4.69, 9.17) is 4.42 Å². The summed E-state index contributed by atoms with van der Waals surface area (Å²) in [5.74, 6) is 1.10. The maximum Gasteiger partial charge on any atom is 0.230 e. The van der Waals surface area contributed by atoms with Crippen LogP contribution in [0.4, 0.5) is 0 Å². The molecule has 0 bridgehead atoms. The second-order valence-corrected chi connectivity index (χ2v) is 8.58. The molecular formula is C14H24N4O4S. The van der Waals surface area contributed by atoms with E-state index in [1.54, 1.807) is 0 Å². The predicted molar refractivity (Wildman–Crippen MR) is 83.0 cm³/mol. The van der Waals surface area contributed by atoms with E-state index in [9.17, 15) is 13.5 Å². The average molecular weight is 344 g/mol. The fraction of sp³-hybridized carbons (Fsp3) is 0.857. The number of piperidine rings is 2. The molecule has 8 nitrogen and oxygen atoms in total. The van der Waals surface area contributed by atoms with Crippen molar-refractivity contribution in [3.8, 4) is 0 Å². The number of aliphatic hydroxyl groups is 1. The van der Waals surface area contributed by atoms with E-state index in [2.05, 4.69) is 15.1 Å². The standard InChI is InChI=1S/C14H24N4O4S/c1-3-12-15-16-13(22-12)10-17-6-4-14(19)5-7-18(23(2,20)21)9-11(14)8-17/h11,19H,3-10H2,1-2H3/t11-,14-/m1/s1. The maximum atomic E-state index is 11.8. The fourth-order valence-corrected chi connectivity index (χ4v) is 4.35. The van der Waals surface area contributed by atoms with Crippen LogP contribution in [0.2, 0.25) is 0 Å². The molecule has 1 N–H and O–H groups in total. The summed E-state index contributed by atoms with van der Waals surface area (Å²) in [7, 11) is -3.22. The predicted octanol–water partition coefficient (Wildman–Crippen LogP) is -0.150. The van der Waals surface area contributed by atoms with E-state index >= 15 is 0 Å². The highest BCUT2D eigenvalue weighted by molar-refractivity contribution is 7.88. The largest absolute Gasteiger partial charge is 0.424 e. The molecule has 3 heterocycles. The quantitative estimate of drug-likeness (QED) is 0.811. The first-order valence-corrected chi connectivity index (χ1v) is 9.86. The van der Waals surface area contributed by atoms with E-state index in [0.717, 1.165) is 6.54 Å². The van der Waals surface area contributed by atoms with Gasteiger partial charge in [0.2, 0.25) is 21.8 Å². The Morgan fingerprint density at radius 1 is 1.26 bits per heavy atom. The molecule has 2 atom stereocenters. The van der Waals surface area contributed by atoms with Crippen molar-refractivity contribution >= 4 is 10.0 Å². The number of nitrogens with zero attached hydrogens (tertiary/aromatic N) is 4. The van der Waals surface area contributed by atoms with Crippen LogP contribution in [-0.2, 0) is 23.0 Å². The number of rotatable bonds is 4. The van der Waals surface area contributed by atoms with Crippen LogP contribution in [0.5, 0.6) is 0 Å². The smallest absolute Gasteiger partial charge is 0.230 e. The molecule has 9 heteroatoms. The van der Waals surface area contributed by atoms with E-state index in [1.807, 2.05) is 6.92 Å². The van der Waals surface area contributed by atoms with Gasteiger partial charge in [0.05, 0.1) is 18.4 Å². The van der Waals surface area contributed by atoms with Gasteiger partial charge in [-0.15, -0.1) is 10.2 Å². The summed E-state index contributed by atoms with van der Waals surface area (Å²) in [4.78, 5) is 2.15. The Kier molecular flexibility index (Phi) is 4.47. The van der Waals surface area contributed by atoms with Crippen molar-refractivity contribution in [3.63, 3.8) is 0 Å². The van der Waals surface area contributed by atoms with Gasteiger partial charge < -0.3 is 9.52 Å². The molecule has 2 aliphatic heterocycles. The molecule has 1 aromatic heterocycles. The summed E-state index contributed by atoms with van der Waals surface area (Å²) < 4.78 is 30.6. The van der Waals surface area contributed by atoms with Crippen molar-refractivity contribution in [3.05, 3.63) is 11.8 Å². The third-order valence-corrected chi connectivity index (χ3v) is 6.23. The monoisotopic (exact) mass is 344 g/mol. The Bertz CT molecular complexity index is 661. The minimum Gasteiger partial charge on any atom is -0.424 e. The first-order valence-electron chi connectivity index (χ1n) is 8.01. The topological polar surface area (TPSA) is 99.8 Å². The molecule has 2 aliphatic rings. The van der Waals surface area contributed by atoms with E-state index in [-0.39, 0.29) is 5.92 Å². The summed E-state index contributed by atoms with van der Waals surface area (Å²) in [6.45, 7) is 4.64. The zero-order valence-corrected chi connectivity index (χ0v) is 14.4. The van der Waals surface area contributed by atoms with Gasteiger partial charge >= 0.3 is 0 Å². The third-order valence-electron chi connectivity index (χ3n) is 4.96. The number of hydrogen-bond donors (Lipinski definition) is 1. The zero-order chi connectivity index (χ0) is 16.7. The first-order chi connectivity index (χ1) is 10.8. The number of aromatic nitrogens is 2. The molecule has 0 aliphatic carbocycles. The molecule has 0 amide bonds. The molecule has 0 spiro atoms. The Labute approximate surface area is 136 Å². The molecule has 1 aromatic rings. The molecule has 3 rings (SSSR count). The summed E-state index contributed by atoms with van der Waals surface area (Å²) in [6, 6.07) is 0. The number of fused-ring (bicyclic) bond motifs is 1. The van der Waals surface area contributed by atoms with Crippen LogP contribution in [-0.4, -0.2) is 71.0 Å². The van der Waals surface area contributed by atoms with Gasteiger partial charge in [-0.3, -0.25) is 4.90 Å². The average Bonchev–Trinajstić information content (AvgIpc) is 2.93. The number of hydrogen-bond acceptors (Lipinski definition) is 7. The Morgan fingerprint density at radius 3 is 2.61 bits per heavy atom. The summed E-state index contributed by atoms with van der Waals surface area (Å²) in [5.41, 5.74) is -0.763. The van der Waals surface area contributed by atoms with Crippen LogP contribution in [0.3, 0.4) is 0 Å².